The summed E-state index contributed by atoms with van der Waals surface area (Å²) in [6, 6.07) is 6.50. The lowest BCUT2D eigenvalue weighted by atomic mass is 10.0. The van der Waals surface area contributed by atoms with Crippen molar-refractivity contribution in [3.05, 3.63) is 53.2 Å². The zero-order valence-electron chi connectivity index (χ0n) is 17.9. The van der Waals surface area contributed by atoms with E-state index in [9.17, 15) is 9.18 Å². The number of nitrogens with zero attached hydrogens (tertiary/aromatic N) is 5. The summed E-state index contributed by atoms with van der Waals surface area (Å²) in [5.41, 5.74) is 2.43. The molecule has 4 rings (SSSR count). The van der Waals surface area contributed by atoms with Gasteiger partial charge in [0.15, 0.2) is 0 Å². The number of hydrogen-bond acceptors (Lipinski definition) is 5. The number of fused-ring (bicyclic) bond motifs is 1. The third-order valence-electron chi connectivity index (χ3n) is 6.29. The van der Waals surface area contributed by atoms with Gasteiger partial charge in [0.1, 0.15) is 18.0 Å². The molecule has 2 aromatic rings. The first-order valence-electron chi connectivity index (χ1n) is 10.9. The second kappa shape index (κ2) is 9.08. The number of piperazine rings is 1. The molecule has 6 nitrogen and oxygen atoms in total. The van der Waals surface area contributed by atoms with Crippen molar-refractivity contribution in [1.29, 1.82) is 0 Å². The van der Waals surface area contributed by atoms with Gasteiger partial charge in [-0.2, -0.15) is 0 Å². The van der Waals surface area contributed by atoms with Crippen LogP contribution in [0.4, 0.5) is 10.2 Å². The normalized spacial score (nSPS) is 18.2. The number of aromatic nitrogens is 2. The maximum atomic E-state index is 13.5. The summed E-state index contributed by atoms with van der Waals surface area (Å²) in [6.45, 7) is 9.60. The summed E-state index contributed by atoms with van der Waals surface area (Å²) in [7, 11) is 0. The summed E-state index contributed by atoms with van der Waals surface area (Å²) in [5, 5.41) is 0. The molecule has 2 aliphatic heterocycles. The Bertz CT molecular complexity index is 897. The molecule has 1 atom stereocenters. The molecule has 30 heavy (non-hydrogen) atoms. The van der Waals surface area contributed by atoms with Crippen molar-refractivity contribution < 1.29 is 9.18 Å². The van der Waals surface area contributed by atoms with Crippen molar-refractivity contribution in [2.45, 2.75) is 45.7 Å². The molecule has 1 saturated heterocycles. The predicted octanol–water partition coefficient (Wildman–Crippen LogP) is 3.12. The smallest absolute Gasteiger partial charge is 0.254 e. The van der Waals surface area contributed by atoms with Crippen LogP contribution in [-0.2, 0) is 13.0 Å². The Balaban J connectivity index is 1.45. The van der Waals surface area contributed by atoms with Crippen LogP contribution in [0.3, 0.4) is 0 Å². The van der Waals surface area contributed by atoms with Gasteiger partial charge in [-0.05, 0) is 38.0 Å². The molecule has 7 heteroatoms. The SMILES string of the molecule is CCCC(C)N1CCN(c2ncnc3c2CCN(C(=O)c2cccc(F)c2)C3)CC1. The Labute approximate surface area is 177 Å². The lowest BCUT2D eigenvalue weighted by molar-refractivity contribution is 0.0731. The molecule has 1 aromatic carbocycles. The number of hydrogen-bond donors (Lipinski definition) is 0. The van der Waals surface area contributed by atoms with Gasteiger partial charge >= 0.3 is 0 Å². The number of halogens is 1. The van der Waals surface area contributed by atoms with E-state index in [1.165, 1.54) is 25.0 Å². The highest BCUT2D eigenvalue weighted by Gasteiger charge is 2.28. The van der Waals surface area contributed by atoms with Gasteiger partial charge in [-0.1, -0.05) is 19.4 Å². The molecule has 1 unspecified atom stereocenters. The average Bonchev–Trinajstić information content (AvgIpc) is 2.78. The van der Waals surface area contributed by atoms with E-state index in [0.29, 0.717) is 24.7 Å². The van der Waals surface area contributed by atoms with Crippen LogP contribution in [0.5, 0.6) is 0 Å². The van der Waals surface area contributed by atoms with Crippen LogP contribution < -0.4 is 4.90 Å². The van der Waals surface area contributed by atoms with Gasteiger partial charge in [-0.3, -0.25) is 9.69 Å². The highest BCUT2D eigenvalue weighted by molar-refractivity contribution is 5.94. The molecule has 0 saturated carbocycles. The van der Waals surface area contributed by atoms with Crippen LogP contribution in [0, 0.1) is 5.82 Å². The Hall–Kier alpha value is -2.54. The molecule has 0 aliphatic carbocycles. The van der Waals surface area contributed by atoms with E-state index in [0.717, 1.165) is 49.7 Å². The standard InChI is InChI=1S/C23H30FN5O/c1-3-5-17(2)27-10-12-28(13-11-27)22-20-8-9-29(15-21(20)25-16-26-22)23(30)18-6-4-7-19(24)14-18/h4,6-7,14,16-17H,3,5,8-13,15H2,1-2H3. The largest absolute Gasteiger partial charge is 0.354 e. The summed E-state index contributed by atoms with van der Waals surface area (Å²) >= 11 is 0. The number of rotatable bonds is 5. The van der Waals surface area contributed by atoms with Gasteiger partial charge in [-0.15, -0.1) is 0 Å². The average molecular weight is 412 g/mol. The third-order valence-corrected chi connectivity index (χ3v) is 6.29. The first-order valence-corrected chi connectivity index (χ1v) is 10.9. The highest BCUT2D eigenvalue weighted by Crippen LogP contribution is 2.27. The van der Waals surface area contributed by atoms with E-state index >= 15 is 0 Å². The number of carbonyl (C=O) groups is 1. The molecule has 1 aromatic heterocycles. The molecule has 1 amide bonds. The molecular formula is C23H30FN5O. The lowest BCUT2D eigenvalue weighted by Gasteiger charge is -2.40. The summed E-state index contributed by atoms with van der Waals surface area (Å²) < 4.78 is 13.5. The van der Waals surface area contributed by atoms with Crippen LogP contribution in [0.2, 0.25) is 0 Å². The van der Waals surface area contributed by atoms with Crippen molar-refractivity contribution in [3.63, 3.8) is 0 Å². The Morgan fingerprint density at radius 2 is 1.97 bits per heavy atom. The van der Waals surface area contributed by atoms with E-state index in [4.69, 9.17) is 0 Å². The molecule has 2 aliphatic rings. The fourth-order valence-corrected chi connectivity index (χ4v) is 4.56. The Morgan fingerprint density at radius 3 is 2.70 bits per heavy atom. The number of amides is 1. The fourth-order valence-electron chi connectivity index (χ4n) is 4.56. The maximum Gasteiger partial charge on any atom is 0.254 e. The number of carbonyl (C=O) groups excluding carboxylic acids is 1. The van der Waals surface area contributed by atoms with E-state index in [1.54, 1.807) is 23.4 Å². The minimum atomic E-state index is -0.393. The predicted molar refractivity (Wildman–Crippen MR) is 115 cm³/mol. The van der Waals surface area contributed by atoms with Crippen molar-refractivity contribution in [3.8, 4) is 0 Å². The van der Waals surface area contributed by atoms with Crippen molar-refractivity contribution in [2.75, 3.05) is 37.6 Å². The minimum absolute atomic E-state index is 0.154. The molecule has 3 heterocycles. The lowest BCUT2D eigenvalue weighted by Crippen LogP contribution is -2.50. The molecular weight excluding hydrogens is 381 g/mol. The summed E-state index contributed by atoms with van der Waals surface area (Å²) in [6.07, 6.45) is 4.78. The van der Waals surface area contributed by atoms with Crippen molar-refractivity contribution in [1.82, 2.24) is 19.8 Å². The summed E-state index contributed by atoms with van der Waals surface area (Å²) in [4.78, 5) is 28.5. The Morgan fingerprint density at radius 1 is 1.17 bits per heavy atom. The van der Waals surface area contributed by atoms with Crippen molar-refractivity contribution >= 4 is 11.7 Å². The van der Waals surface area contributed by atoms with E-state index in [1.807, 2.05) is 0 Å². The molecule has 1 fully saturated rings. The van der Waals surface area contributed by atoms with Crippen LogP contribution in [0.25, 0.3) is 0 Å². The van der Waals surface area contributed by atoms with Crippen LogP contribution in [-0.4, -0.2) is 64.4 Å². The van der Waals surface area contributed by atoms with Crippen LogP contribution in [0.15, 0.2) is 30.6 Å². The van der Waals surface area contributed by atoms with Gasteiger partial charge in [0.25, 0.3) is 5.91 Å². The molecule has 0 bridgehead atoms. The molecule has 0 spiro atoms. The van der Waals surface area contributed by atoms with Gasteiger partial charge in [0.05, 0.1) is 12.2 Å². The second-order valence-electron chi connectivity index (χ2n) is 8.27. The van der Waals surface area contributed by atoms with E-state index in [-0.39, 0.29) is 5.91 Å². The first kappa shape index (κ1) is 20.7. The van der Waals surface area contributed by atoms with Gasteiger partial charge in [-0.25, -0.2) is 14.4 Å². The fraction of sp³-hybridized carbons (Fsp3) is 0.522. The second-order valence-corrected chi connectivity index (χ2v) is 8.27. The van der Waals surface area contributed by atoms with Crippen LogP contribution >= 0.6 is 0 Å². The topological polar surface area (TPSA) is 52.6 Å². The van der Waals surface area contributed by atoms with E-state index in [2.05, 4.69) is 33.6 Å². The van der Waals surface area contributed by atoms with Gasteiger partial charge < -0.3 is 9.80 Å². The van der Waals surface area contributed by atoms with Crippen LogP contribution in [0.1, 0.15) is 48.3 Å². The molecule has 0 N–H and O–H groups in total. The third kappa shape index (κ3) is 4.31. The zero-order chi connectivity index (χ0) is 21.1. The van der Waals surface area contributed by atoms with Gasteiger partial charge in [0, 0.05) is 49.9 Å². The molecule has 0 radical (unpaired) electrons. The monoisotopic (exact) mass is 411 g/mol. The Kier molecular flexibility index (Phi) is 6.27. The summed E-state index contributed by atoms with van der Waals surface area (Å²) in [5.74, 6) is 0.467. The van der Waals surface area contributed by atoms with Gasteiger partial charge in [0.2, 0.25) is 0 Å². The maximum absolute atomic E-state index is 13.5. The number of anilines is 1. The minimum Gasteiger partial charge on any atom is -0.354 e. The van der Waals surface area contributed by atoms with E-state index < -0.39 is 5.82 Å². The zero-order valence-corrected chi connectivity index (χ0v) is 17.9. The number of benzene rings is 1. The molecule has 160 valence electrons. The quantitative estimate of drug-likeness (QED) is 0.757. The van der Waals surface area contributed by atoms with Crippen molar-refractivity contribution in [2.24, 2.45) is 0 Å². The first-order chi connectivity index (χ1) is 14.6. The highest BCUT2D eigenvalue weighted by atomic mass is 19.1.